The molecule has 2 atom stereocenters. The fourth-order valence-electron chi connectivity index (χ4n) is 2.90. The maximum atomic E-state index is 11.9. The normalized spacial score (nSPS) is 26.8. The number of piperidine rings is 1. The predicted molar refractivity (Wildman–Crippen MR) is 74.2 cm³/mol. The Bertz CT molecular complexity index is 420. The van der Waals surface area contributed by atoms with Gasteiger partial charge in [0.1, 0.15) is 6.54 Å². The highest BCUT2D eigenvalue weighted by Crippen LogP contribution is 2.09. The van der Waals surface area contributed by atoms with Crippen molar-refractivity contribution >= 4 is 12.0 Å². The molecule has 1 unspecified atom stereocenters. The van der Waals surface area contributed by atoms with Gasteiger partial charge in [0.25, 0.3) is 0 Å². The number of carbonyl (C=O) groups is 2. The third-order valence-corrected chi connectivity index (χ3v) is 3.87. The number of nitrogens with one attached hydrogen (secondary N) is 3. The lowest BCUT2D eigenvalue weighted by atomic mass is 10.00. The van der Waals surface area contributed by atoms with E-state index in [0.29, 0.717) is 24.6 Å². The van der Waals surface area contributed by atoms with Gasteiger partial charge in [0.15, 0.2) is 0 Å². The van der Waals surface area contributed by atoms with Crippen LogP contribution in [0.3, 0.4) is 0 Å². The van der Waals surface area contributed by atoms with Crippen molar-refractivity contribution in [1.29, 1.82) is 0 Å². The van der Waals surface area contributed by atoms with E-state index >= 15 is 0 Å². The van der Waals surface area contributed by atoms with Crippen LogP contribution in [0, 0.1) is 5.92 Å². The zero-order valence-electron chi connectivity index (χ0n) is 12.3. The second-order valence-electron chi connectivity index (χ2n) is 5.61. The average molecular weight is 282 g/mol. The summed E-state index contributed by atoms with van der Waals surface area (Å²) in [6, 6.07) is -0.238. The Labute approximate surface area is 119 Å². The van der Waals surface area contributed by atoms with Crippen LogP contribution in [0.5, 0.6) is 0 Å². The maximum Gasteiger partial charge on any atom is 0.337 e. The molecule has 0 aliphatic carbocycles. The van der Waals surface area contributed by atoms with Crippen LogP contribution < -0.4 is 15.5 Å². The van der Waals surface area contributed by atoms with E-state index in [1.165, 1.54) is 17.7 Å². The zero-order valence-corrected chi connectivity index (χ0v) is 12.3. The van der Waals surface area contributed by atoms with E-state index in [9.17, 15) is 9.59 Å². The van der Waals surface area contributed by atoms with Gasteiger partial charge in [0, 0.05) is 5.92 Å². The molecule has 2 heterocycles. The number of urea groups is 1. The Kier molecular flexibility index (Phi) is 5.00. The Morgan fingerprint density at radius 3 is 3.00 bits per heavy atom. The van der Waals surface area contributed by atoms with Crippen molar-refractivity contribution in [2.45, 2.75) is 26.7 Å². The van der Waals surface area contributed by atoms with Crippen LogP contribution in [0.25, 0.3) is 0 Å². The van der Waals surface area contributed by atoms with Crippen molar-refractivity contribution in [3.63, 3.8) is 0 Å². The molecule has 1 fully saturated rings. The van der Waals surface area contributed by atoms with Gasteiger partial charge in [-0.15, -0.1) is 0 Å². The van der Waals surface area contributed by atoms with Crippen LogP contribution in [-0.4, -0.2) is 44.8 Å². The smallest absolute Gasteiger partial charge is 0.337 e. The number of quaternary nitrogens is 1. The molecule has 6 heteroatoms. The number of ether oxygens (including phenoxy) is 1. The molecule has 6 nitrogen and oxygen atoms in total. The molecule has 112 valence electrons. The summed E-state index contributed by atoms with van der Waals surface area (Å²) in [6.45, 7) is 7.49. The molecule has 0 saturated carbocycles. The van der Waals surface area contributed by atoms with Crippen molar-refractivity contribution in [1.82, 2.24) is 10.6 Å². The number of likely N-dealkylation sites (tertiary alicyclic amines) is 1. The zero-order chi connectivity index (χ0) is 14.5. The summed E-state index contributed by atoms with van der Waals surface area (Å²) in [5.74, 6) is 0.363. The fraction of sp³-hybridized carbons (Fsp3) is 0.714. The molecule has 0 spiro atoms. The van der Waals surface area contributed by atoms with Crippen LogP contribution in [0.1, 0.15) is 26.7 Å². The largest absolute Gasteiger partial charge is 0.463 e. The molecule has 0 radical (unpaired) electrons. The highest BCUT2D eigenvalue weighted by atomic mass is 16.5. The topological polar surface area (TPSA) is 71.9 Å². The first-order chi connectivity index (χ1) is 9.60. The van der Waals surface area contributed by atoms with Gasteiger partial charge in [-0.2, -0.15) is 0 Å². The summed E-state index contributed by atoms with van der Waals surface area (Å²) in [7, 11) is 0. The fourth-order valence-corrected chi connectivity index (χ4v) is 2.90. The van der Waals surface area contributed by atoms with E-state index in [4.69, 9.17) is 4.74 Å². The van der Waals surface area contributed by atoms with Gasteiger partial charge >= 0.3 is 12.0 Å². The van der Waals surface area contributed by atoms with Crippen LogP contribution >= 0.6 is 0 Å². The number of hydrogen-bond donors (Lipinski definition) is 3. The number of rotatable bonds is 4. The summed E-state index contributed by atoms with van der Waals surface area (Å²) in [5, 5.41) is 5.41. The Morgan fingerprint density at radius 2 is 2.30 bits per heavy atom. The predicted octanol–water partition coefficient (Wildman–Crippen LogP) is -0.569. The first-order valence-electron chi connectivity index (χ1n) is 7.37. The molecular weight excluding hydrogens is 258 g/mol. The molecule has 2 amide bonds. The number of esters is 1. The van der Waals surface area contributed by atoms with Crippen molar-refractivity contribution in [3.8, 4) is 0 Å². The number of carbonyl (C=O) groups excluding carboxylic acids is 2. The summed E-state index contributed by atoms with van der Waals surface area (Å²) in [5.41, 5.74) is 1.27. The van der Waals surface area contributed by atoms with E-state index in [2.05, 4.69) is 17.6 Å². The molecule has 0 bridgehead atoms. The minimum Gasteiger partial charge on any atom is -0.463 e. The van der Waals surface area contributed by atoms with Crippen molar-refractivity contribution in [2.24, 2.45) is 5.92 Å². The molecule has 2 rings (SSSR count). The van der Waals surface area contributed by atoms with Crippen LogP contribution in [0.2, 0.25) is 0 Å². The van der Waals surface area contributed by atoms with E-state index < -0.39 is 0 Å². The molecule has 20 heavy (non-hydrogen) atoms. The Hall–Kier alpha value is -1.56. The molecular formula is C14H24N3O3+. The van der Waals surface area contributed by atoms with Crippen LogP contribution in [-0.2, 0) is 9.53 Å². The third kappa shape index (κ3) is 3.72. The Morgan fingerprint density at radius 1 is 1.50 bits per heavy atom. The second kappa shape index (κ2) is 6.74. The molecule has 0 aromatic carbocycles. The van der Waals surface area contributed by atoms with Gasteiger partial charge in [0.2, 0.25) is 0 Å². The molecule has 0 aromatic rings. The Balaban J connectivity index is 2.09. The average Bonchev–Trinajstić information content (AvgIpc) is 2.39. The van der Waals surface area contributed by atoms with Crippen molar-refractivity contribution < 1.29 is 19.2 Å². The standard InChI is InChI=1S/C14H23N3O3/c1-3-20-13(18)11-7-15-14(19)16-12(11)9-17-6-4-5-10(2)8-17/h10H,3-9H2,1-2H3,(H2,15,16,19)/p+1/t10-/m0/s1. The van der Waals surface area contributed by atoms with E-state index in [0.717, 1.165) is 18.8 Å². The molecule has 1 saturated heterocycles. The minimum absolute atomic E-state index is 0.238. The molecule has 3 N–H and O–H groups in total. The van der Waals surface area contributed by atoms with E-state index in [1.54, 1.807) is 6.92 Å². The molecule has 0 aromatic heterocycles. The number of amides is 2. The van der Waals surface area contributed by atoms with Crippen molar-refractivity contribution in [2.75, 3.05) is 32.8 Å². The first-order valence-corrected chi connectivity index (χ1v) is 7.37. The molecule has 2 aliphatic rings. The summed E-state index contributed by atoms with van der Waals surface area (Å²) >= 11 is 0. The van der Waals surface area contributed by atoms with E-state index in [-0.39, 0.29) is 18.5 Å². The molecule has 2 aliphatic heterocycles. The highest BCUT2D eigenvalue weighted by molar-refractivity contribution is 5.93. The minimum atomic E-state index is -0.334. The van der Waals surface area contributed by atoms with Gasteiger partial charge in [-0.05, 0) is 19.8 Å². The SMILES string of the molecule is CCOC(=O)C1=C(C[NH+]2CCC[C@H](C)C2)NC(=O)NC1. The maximum absolute atomic E-state index is 11.9. The van der Waals surface area contributed by atoms with Crippen LogP contribution in [0.15, 0.2) is 11.3 Å². The summed E-state index contributed by atoms with van der Waals surface area (Å²) in [4.78, 5) is 24.8. The van der Waals surface area contributed by atoms with Gasteiger partial charge in [-0.25, -0.2) is 9.59 Å². The summed E-state index contributed by atoms with van der Waals surface area (Å²) < 4.78 is 5.06. The van der Waals surface area contributed by atoms with Crippen LogP contribution in [0.4, 0.5) is 4.79 Å². The van der Waals surface area contributed by atoms with Gasteiger partial charge < -0.3 is 20.3 Å². The van der Waals surface area contributed by atoms with Gasteiger partial charge in [0.05, 0.1) is 37.5 Å². The van der Waals surface area contributed by atoms with E-state index in [1.807, 2.05) is 0 Å². The monoisotopic (exact) mass is 282 g/mol. The van der Waals surface area contributed by atoms with Gasteiger partial charge in [-0.1, -0.05) is 6.92 Å². The van der Waals surface area contributed by atoms with Crippen molar-refractivity contribution in [3.05, 3.63) is 11.3 Å². The third-order valence-electron chi connectivity index (χ3n) is 3.87. The summed E-state index contributed by atoms with van der Waals surface area (Å²) in [6.07, 6.45) is 2.46. The van der Waals surface area contributed by atoms with Gasteiger partial charge in [-0.3, -0.25) is 0 Å². The lowest BCUT2D eigenvalue weighted by Gasteiger charge is -2.30. The lowest BCUT2D eigenvalue weighted by Crippen LogP contribution is -3.14. The number of hydrogen-bond acceptors (Lipinski definition) is 3. The first kappa shape index (κ1) is 14.8. The highest BCUT2D eigenvalue weighted by Gasteiger charge is 2.28. The second-order valence-corrected chi connectivity index (χ2v) is 5.61. The lowest BCUT2D eigenvalue weighted by molar-refractivity contribution is -0.904. The quantitative estimate of drug-likeness (QED) is 0.605.